The Bertz CT molecular complexity index is 634. The van der Waals surface area contributed by atoms with Gasteiger partial charge in [-0.1, -0.05) is 11.8 Å². The number of hydrogen-bond donors (Lipinski definition) is 2. The number of thiazole rings is 1. The van der Waals surface area contributed by atoms with Gasteiger partial charge < -0.3 is 10.4 Å². The monoisotopic (exact) mass is 292 g/mol. The van der Waals surface area contributed by atoms with Gasteiger partial charge in [-0.25, -0.2) is 4.98 Å². The maximum absolute atomic E-state index is 11.9. The van der Waals surface area contributed by atoms with Crippen molar-refractivity contribution in [1.82, 2.24) is 10.3 Å². The Morgan fingerprint density at radius 1 is 1.47 bits per heavy atom. The van der Waals surface area contributed by atoms with E-state index in [0.717, 1.165) is 14.8 Å². The lowest BCUT2D eigenvalue weighted by atomic mass is 10.4. The number of aryl methyl sites for hydroxylation is 1. The lowest BCUT2D eigenvalue weighted by Gasteiger charge is -1.99. The fourth-order valence-electron chi connectivity index (χ4n) is 1.40. The number of aliphatic hydroxyl groups is 1. The van der Waals surface area contributed by atoms with Gasteiger partial charge in [-0.3, -0.25) is 4.79 Å². The Kier molecular flexibility index (Phi) is 4.68. The van der Waals surface area contributed by atoms with Crippen LogP contribution in [-0.2, 0) is 6.54 Å². The highest BCUT2D eigenvalue weighted by atomic mass is 32.1. The van der Waals surface area contributed by atoms with Crippen LogP contribution in [0.25, 0.3) is 0 Å². The molecule has 98 valence electrons. The molecule has 2 rings (SSSR count). The first-order valence-electron chi connectivity index (χ1n) is 5.58. The summed E-state index contributed by atoms with van der Waals surface area (Å²) in [5.74, 6) is 5.21. The minimum atomic E-state index is -0.176. The molecule has 2 heterocycles. The van der Waals surface area contributed by atoms with Crippen LogP contribution in [0.3, 0.4) is 0 Å². The van der Waals surface area contributed by atoms with Crippen LogP contribution in [-0.4, -0.2) is 22.6 Å². The van der Waals surface area contributed by atoms with Crippen LogP contribution in [0.15, 0.2) is 18.3 Å². The molecule has 0 atom stereocenters. The van der Waals surface area contributed by atoms with Crippen molar-refractivity contribution in [3.8, 4) is 11.8 Å². The van der Waals surface area contributed by atoms with E-state index < -0.39 is 0 Å². The van der Waals surface area contributed by atoms with Crippen LogP contribution in [0.1, 0.15) is 24.4 Å². The van der Waals surface area contributed by atoms with E-state index in [1.54, 1.807) is 29.7 Å². The van der Waals surface area contributed by atoms with Crippen molar-refractivity contribution < 1.29 is 9.90 Å². The van der Waals surface area contributed by atoms with E-state index in [0.29, 0.717) is 11.4 Å². The summed E-state index contributed by atoms with van der Waals surface area (Å²) in [5.41, 5.74) is 0. The second-order valence-corrected chi connectivity index (χ2v) is 6.06. The summed E-state index contributed by atoms with van der Waals surface area (Å²) in [6.07, 6.45) is 1.77. The number of carbonyl (C=O) groups excluding carboxylic acids is 1. The van der Waals surface area contributed by atoms with E-state index in [9.17, 15) is 4.79 Å². The Balaban J connectivity index is 1.94. The summed E-state index contributed by atoms with van der Waals surface area (Å²) >= 11 is 2.88. The molecule has 19 heavy (non-hydrogen) atoms. The molecule has 0 aromatic carbocycles. The number of hydrogen-bond acceptors (Lipinski definition) is 5. The van der Waals surface area contributed by atoms with Crippen molar-refractivity contribution in [3.05, 3.63) is 38.0 Å². The van der Waals surface area contributed by atoms with Crippen molar-refractivity contribution in [1.29, 1.82) is 0 Å². The Labute approximate surface area is 119 Å². The van der Waals surface area contributed by atoms with Gasteiger partial charge in [0.05, 0.1) is 21.3 Å². The average Bonchev–Trinajstić information content (AvgIpc) is 3.02. The fraction of sp³-hybridized carbons (Fsp3) is 0.231. The molecule has 0 bridgehead atoms. The number of nitrogens with one attached hydrogen (secondary N) is 1. The molecule has 0 radical (unpaired) electrons. The quantitative estimate of drug-likeness (QED) is 0.848. The molecule has 0 spiro atoms. The average molecular weight is 292 g/mol. The third kappa shape index (κ3) is 3.89. The Morgan fingerprint density at radius 2 is 2.32 bits per heavy atom. The number of rotatable bonds is 3. The lowest BCUT2D eigenvalue weighted by Crippen LogP contribution is -2.21. The molecule has 4 nitrogen and oxygen atoms in total. The fourth-order valence-corrected chi connectivity index (χ4v) is 2.93. The van der Waals surface area contributed by atoms with Crippen molar-refractivity contribution in [3.63, 3.8) is 0 Å². The molecule has 1 amide bonds. The maximum Gasteiger partial charge on any atom is 0.261 e. The minimum Gasteiger partial charge on any atom is -0.384 e. The topological polar surface area (TPSA) is 62.2 Å². The first kappa shape index (κ1) is 13.7. The second-order valence-electron chi connectivity index (χ2n) is 3.65. The van der Waals surface area contributed by atoms with Gasteiger partial charge in [-0.05, 0) is 19.1 Å². The lowest BCUT2D eigenvalue weighted by molar-refractivity contribution is 0.0955. The summed E-state index contributed by atoms with van der Waals surface area (Å²) in [7, 11) is 0. The van der Waals surface area contributed by atoms with Gasteiger partial charge in [-0.2, -0.15) is 0 Å². The number of amides is 1. The van der Waals surface area contributed by atoms with Crippen molar-refractivity contribution >= 4 is 28.6 Å². The van der Waals surface area contributed by atoms with Crippen LogP contribution in [0.4, 0.5) is 0 Å². The van der Waals surface area contributed by atoms with E-state index >= 15 is 0 Å². The zero-order valence-corrected chi connectivity index (χ0v) is 11.9. The smallest absolute Gasteiger partial charge is 0.261 e. The highest BCUT2D eigenvalue weighted by molar-refractivity contribution is 7.14. The van der Waals surface area contributed by atoms with Crippen molar-refractivity contribution in [2.24, 2.45) is 0 Å². The number of carbonyl (C=O) groups is 1. The Hall–Kier alpha value is -1.68. The molecule has 6 heteroatoms. The van der Waals surface area contributed by atoms with E-state index in [2.05, 4.69) is 22.1 Å². The van der Waals surface area contributed by atoms with Crippen LogP contribution >= 0.6 is 22.7 Å². The first-order valence-corrected chi connectivity index (χ1v) is 7.21. The van der Waals surface area contributed by atoms with E-state index in [1.807, 2.05) is 6.92 Å². The van der Waals surface area contributed by atoms with Gasteiger partial charge in [0.1, 0.15) is 6.61 Å². The van der Waals surface area contributed by atoms with Crippen LogP contribution in [0.2, 0.25) is 0 Å². The predicted octanol–water partition coefficient (Wildman–Crippen LogP) is 1.79. The van der Waals surface area contributed by atoms with Gasteiger partial charge in [0, 0.05) is 11.1 Å². The molecule has 0 aliphatic carbocycles. The molecule has 0 saturated heterocycles. The molecule has 0 aliphatic heterocycles. The van der Waals surface area contributed by atoms with Crippen LogP contribution in [0, 0.1) is 18.8 Å². The number of aliphatic hydroxyl groups excluding tert-OH is 1. The zero-order chi connectivity index (χ0) is 13.7. The molecule has 0 unspecified atom stereocenters. The summed E-state index contributed by atoms with van der Waals surface area (Å²) in [6.45, 7) is 2.24. The van der Waals surface area contributed by atoms with Gasteiger partial charge in [0.2, 0.25) is 0 Å². The van der Waals surface area contributed by atoms with E-state index in [-0.39, 0.29) is 12.5 Å². The Morgan fingerprint density at radius 3 is 3.00 bits per heavy atom. The molecule has 0 fully saturated rings. The van der Waals surface area contributed by atoms with Gasteiger partial charge in [-0.15, -0.1) is 22.7 Å². The predicted molar refractivity (Wildman–Crippen MR) is 76.3 cm³/mol. The van der Waals surface area contributed by atoms with Crippen LogP contribution in [0.5, 0.6) is 0 Å². The number of nitrogens with zero attached hydrogens (tertiary/aromatic N) is 1. The highest BCUT2D eigenvalue weighted by Gasteiger charge is 2.08. The second kappa shape index (κ2) is 6.48. The van der Waals surface area contributed by atoms with Gasteiger partial charge in [0.25, 0.3) is 5.91 Å². The van der Waals surface area contributed by atoms with Crippen molar-refractivity contribution in [2.45, 2.75) is 13.5 Å². The van der Waals surface area contributed by atoms with Gasteiger partial charge >= 0.3 is 0 Å². The SMILES string of the molecule is Cc1ncc(CNC(=O)c2ccc(C#CCO)s2)s1. The molecule has 0 aliphatic rings. The summed E-state index contributed by atoms with van der Waals surface area (Å²) in [6, 6.07) is 3.51. The van der Waals surface area contributed by atoms with Crippen LogP contribution < -0.4 is 5.32 Å². The first-order chi connectivity index (χ1) is 9.19. The maximum atomic E-state index is 11.9. The normalized spacial score (nSPS) is 9.79. The van der Waals surface area contributed by atoms with E-state index in [1.165, 1.54) is 11.3 Å². The molecule has 2 N–H and O–H groups in total. The minimum absolute atomic E-state index is 0.117. The zero-order valence-electron chi connectivity index (χ0n) is 10.3. The summed E-state index contributed by atoms with van der Waals surface area (Å²) in [5, 5.41) is 12.4. The van der Waals surface area contributed by atoms with Gasteiger partial charge in [0.15, 0.2) is 0 Å². The largest absolute Gasteiger partial charge is 0.384 e. The number of thiophene rings is 1. The molecule has 0 saturated carbocycles. The third-order valence-electron chi connectivity index (χ3n) is 2.21. The molecular weight excluding hydrogens is 280 g/mol. The highest BCUT2D eigenvalue weighted by Crippen LogP contribution is 2.16. The van der Waals surface area contributed by atoms with Crippen molar-refractivity contribution in [2.75, 3.05) is 6.61 Å². The standard InChI is InChI=1S/C13H12N2O2S2/c1-9-14-7-11(18-9)8-15-13(17)12-5-4-10(19-12)3-2-6-16/h4-5,7,16H,6,8H2,1H3,(H,15,17). The molecule has 2 aromatic rings. The summed E-state index contributed by atoms with van der Waals surface area (Å²) in [4.78, 5) is 18.4. The summed E-state index contributed by atoms with van der Waals surface area (Å²) < 4.78 is 0. The number of aromatic nitrogens is 1. The third-order valence-corrected chi connectivity index (χ3v) is 4.12. The van der Waals surface area contributed by atoms with E-state index in [4.69, 9.17) is 5.11 Å². The molecular formula is C13H12N2O2S2. The molecule has 2 aromatic heterocycles.